The summed E-state index contributed by atoms with van der Waals surface area (Å²) in [5, 5.41) is 11.3. The van der Waals surface area contributed by atoms with Crippen LogP contribution in [0.5, 0.6) is 0 Å². The van der Waals surface area contributed by atoms with Crippen LogP contribution in [0.25, 0.3) is 0 Å². The number of nitrogens with one attached hydrogen (secondary N) is 1. The van der Waals surface area contributed by atoms with Gasteiger partial charge in [0.1, 0.15) is 0 Å². The lowest BCUT2D eigenvalue weighted by Gasteiger charge is -2.33. The Morgan fingerprint density at radius 1 is 1.35 bits per heavy atom. The van der Waals surface area contributed by atoms with Gasteiger partial charge in [0.25, 0.3) is 0 Å². The van der Waals surface area contributed by atoms with Crippen LogP contribution in [-0.4, -0.2) is 41.0 Å². The molecule has 1 unspecified atom stereocenters. The van der Waals surface area contributed by atoms with Crippen molar-refractivity contribution < 1.29 is 8.42 Å². The topological polar surface area (TPSA) is 76.9 Å². The van der Waals surface area contributed by atoms with Crippen LogP contribution in [0, 0.1) is 0 Å². The second-order valence-corrected chi connectivity index (χ2v) is 8.24. The van der Waals surface area contributed by atoms with Crippen molar-refractivity contribution in [3.63, 3.8) is 0 Å². The summed E-state index contributed by atoms with van der Waals surface area (Å²) in [5.41, 5.74) is 0.829. The molecule has 1 rings (SSSR count). The van der Waals surface area contributed by atoms with Crippen LogP contribution < -0.4 is 5.32 Å². The molecule has 0 fully saturated rings. The van der Waals surface area contributed by atoms with Crippen molar-refractivity contribution in [1.82, 2.24) is 20.3 Å². The first-order chi connectivity index (χ1) is 9.25. The van der Waals surface area contributed by atoms with Crippen LogP contribution in [0.2, 0.25) is 0 Å². The summed E-state index contributed by atoms with van der Waals surface area (Å²) < 4.78 is 25.1. The van der Waals surface area contributed by atoms with Gasteiger partial charge in [0.15, 0.2) is 9.84 Å². The van der Waals surface area contributed by atoms with Crippen molar-refractivity contribution in [2.24, 2.45) is 0 Å². The Labute approximate surface area is 121 Å². The lowest BCUT2D eigenvalue weighted by atomic mass is 10.00. The van der Waals surface area contributed by atoms with Crippen molar-refractivity contribution in [3.8, 4) is 0 Å². The van der Waals surface area contributed by atoms with Gasteiger partial charge in [-0.25, -0.2) is 13.1 Å². The lowest BCUT2D eigenvalue weighted by Crippen LogP contribution is -2.46. The van der Waals surface area contributed by atoms with E-state index in [2.05, 4.69) is 29.5 Å². The molecule has 7 heteroatoms. The van der Waals surface area contributed by atoms with Crippen molar-refractivity contribution in [3.05, 3.63) is 11.9 Å². The van der Waals surface area contributed by atoms with Gasteiger partial charge in [0, 0.05) is 12.8 Å². The molecule has 0 bridgehead atoms. The van der Waals surface area contributed by atoms with E-state index in [1.165, 1.54) is 6.26 Å². The van der Waals surface area contributed by atoms with Gasteiger partial charge in [0.05, 0.1) is 22.7 Å². The Bertz CT molecular complexity index is 522. The molecule has 20 heavy (non-hydrogen) atoms. The molecule has 1 aromatic rings. The average molecular weight is 302 g/mol. The molecule has 0 spiro atoms. The first-order valence-corrected chi connectivity index (χ1v) is 8.96. The number of aryl methyl sites for hydroxylation is 1. The summed E-state index contributed by atoms with van der Waals surface area (Å²) >= 11 is 0. The number of sulfone groups is 1. The molecule has 0 aromatic carbocycles. The first-order valence-electron chi connectivity index (χ1n) is 7.07. The summed E-state index contributed by atoms with van der Waals surface area (Å²) in [6.45, 7) is 9.10. The van der Waals surface area contributed by atoms with Gasteiger partial charge in [-0.3, -0.25) is 0 Å². The third-order valence-electron chi connectivity index (χ3n) is 3.63. The van der Waals surface area contributed by atoms with Crippen LogP contribution in [0.4, 0.5) is 0 Å². The third-order valence-corrected chi connectivity index (χ3v) is 5.78. The Balaban J connectivity index is 3.21. The zero-order chi connectivity index (χ0) is 15.4. The van der Waals surface area contributed by atoms with E-state index in [0.717, 1.165) is 31.6 Å². The number of hydrogen-bond donors (Lipinski definition) is 1. The van der Waals surface area contributed by atoms with E-state index < -0.39 is 14.6 Å². The standard InChI is InChI=1S/C13H26N4O2S/c1-6-8-14-12(13(3,4)20(5,18)19)11-10-15-16-17(11)9-7-2/h10,12,14H,6-9H2,1-5H3. The van der Waals surface area contributed by atoms with Gasteiger partial charge in [-0.1, -0.05) is 19.1 Å². The normalized spacial score (nSPS) is 14.4. The molecule has 0 aliphatic rings. The predicted octanol–water partition coefficient (Wildman–Crippen LogP) is 1.55. The highest BCUT2D eigenvalue weighted by atomic mass is 32.2. The number of hydrogen-bond acceptors (Lipinski definition) is 5. The second kappa shape index (κ2) is 6.67. The van der Waals surface area contributed by atoms with E-state index in [4.69, 9.17) is 0 Å². The van der Waals surface area contributed by atoms with E-state index in [-0.39, 0.29) is 6.04 Å². The lowest BCUT2D eigenvalue weighted by molar-refractivity contribution is 0.390. The van der Waals surface area contributed by atoms with Crippen molar-refractivity contribution in [2.75, 3.05) is 12.8 Å². The minimum atomic E-state index is -3.22. The summed E-state index contributed by atoms with van der Waals surface area (Å²) in [5.74, 6) is 0. The number of nitrogens with zero attached hydrogens (tertiary/aromatic N) is 3. The first kappa shape index (κ1) is 17.1. The molecular weight excluding hydrogens is 276 g/mol. The van der Waals surface area contributed by atoms with E-state index in [1.807, 2.05) is 0 Å². The minimum absolute atomic E-state index is 0.320. The molecule has 0 aliphatic heterocycles. The van der Waals surface area contributed by atoms with E-state index >= 15 is 0 Å². The zero-order valence-corrected chi connectivity index (χ0v) is 13.9. The van der Waals surface area contributed by atoms with Gasteiger partial charge < -0.3 is 5.32 Å². The minimum Gasteiger partial charge on any atom is -0.307 e. The molecule has 1 heterocycles. The third kappa shape index (κ3) is 3.58. The molecule has 1 atom stereocenters. The molecule has 0 saturated heterocycles. The van der Waals surface area contributed by atoms with Crippen LogP contribution in [0.3, 0.4) is 0 Å². The molecule has 0 amide bonds. The van der Waals surface area contributed by atoms with E-state index in [1.54, 1.807) is 24.7 Å². The summed E-state index contributed by atoms with van der Waals surface area (Å²) in [4.78, 5) is 0. The summed E-state index contributed by atoms with van der Waals surface area (Å²) in [6, 6.07) is -0.320. The largest absolute Gasteiger partial charge is 0.307 e. The highest BCUT2D eigenvalue weighted by Crippen LogP contribution is 2.31. The van der Waals surface area contributed by atoms with E-state index in [9.17, 15) is 8.42 Å². The highest BCUT2D eigenvalue weighted by molar-refractivity contribution is 7.92. The summed E-state index contributed by atoms with van der Waals surface area (Å²) in [7, 11) is -3.22. The van der Waals surface area contributed by atoms with Gasteiger partial charge in [-0.15, -0.1) is 5.10 Å². The molecule has 0 saturated carbocycles. The summed E-state index contributed by atoms with van der Waals surface area (Å²) in [6.07, 6.45) is 4.80. The zero-order valence-electron chi connectivity index (χ0n) is 13.0. The maximum Gasteiger partial charge on any atom is 0.154 e. The average Bonchev–Trinajstić information content (AvgIpc) is 2.77. The maximum atomic E-state index is 12.1. The van der Waals surface area contributed by atoms with Crippen LogP contribution in [0.1, 0.15) is 52.3 Å². The maximum absolute atomic E-state index is 12.1. The predicted molar refractivity (Wildman–Crippen MR) is 80.3 cm³/mol. The fraction of sp³-hybridized carbons (Fsp3) is 0.846. The van der Waals surface area contributed by atoms with Gasteiger partial charge in [0.2, 0.25) is 0 Å². The van der Waals surface area contributed by atoms with Crippen LogP contribution in [-0.2, 0) is 16.4 Å². The van der Waals surface area contributed by atoms with Gasteiger partial charge in [-0.2, -0.15) is 0 Å². The van der Waals surface area contributed by atoms with Crippen molar-refractivity contribution >= 4 is 9.84 Å². The van der Waals surface area contributed by atoms with Gasteiger partial charge in [-0.05, 0) is 33.2 Å². The Kier molecular flexibility index (Phi) is 5.70. The van der Waals surface area contributed by atoms with Crippen molar-refractivity contribution in [2.45, 2.75) is 57.9 Å². The van der Waals surface area contributed by atoms with Crippen LogP contribution in [0.15, 0.2) is 6.20 Å². The molecule has 1 N–H and O–H groups in total. The molecule has 6 nitrogen and oxygen atoms in total. The monoisotopic (exact) mass is 302 g/mol. The smallest absolute Gasteiger partial charge is 0.154 e. The van der Waals surface area contributed by atoms with Crippen LogP contribution >= 0.6 is 0 Å². The molecule has 0 aliphatic carbocycles. The second-order valence-electron chi connectivity index (χ2n) is 5.64. The van der Waals surface area contributed by atoms with Gasteiger partial charge >= 0.3 is 0 Å². The van der Waals surface area contributed by atoms with E-state index in [0.29, 0.717) is 0 Å². The number of rotatable bonds is 8. The fourth-order valence-electron chi connectivity index (χ4n) is 2.08. The highest BCUT2D eigenvalue weighted by Gasteiger charge is 2.41. The molecular formula is C13H26N4O2S. The fourth-order valence-corrected chi connectivity index (χ4v) is 2.72. The Hall–Kier alpha value is -0.950. The molecule has 116 valence electrons. The Morgan fingerprint density at radius 3 is 2.50 bits per heavy atom. The quantitative estimate of drug-likeness (QED) is 0.788. The van der Waals surface area contributed by atoms with Crippen molar-refractivity contribution in [1.29, 1.82) is 0 Å². The molecule has 0 radical (unpaired) electrons. The number of aromatic nitrogens is 3. The SMILES string of the molecule is CCCNC(c1cnnn1CCC)C(C)(C)S(C)(=O)=O. The Morgan fingerprint density at radius 2 is 2.00 bits per heavy atom. The molecule has 1 aromatic heterocycles.